The van der Waals surface area contributed by atoms with Gasteiger partial charge in [-0.2, -0.15) is 0 Å². The van der Waals surface area contributed by atoms with Crippen molar-refractivity contribution in [3.05, 3.63) is 52.9 Å². The molecule has 0 spiro atoms. The Labute approximate surface area is 231 Å². The maximum Gasteiger partial charge on any atom is 0.231 e. The van der Waals surface area contributed by atoms with Crippen LogP contribution in [0, 0.1) is 0 Å². The normalized spacial score (nSPS) is 32.9. The van der Waals surface area contributed by atoms with Gasteiger partial charge in [0.25, 0.3) is 0 Å². The fourth-order valence-corrected chi connectivity index (χ4v) is 4.86. The Morgan fingerprint density at radius 3 is 2.54 bits per heavy atom. The van der Waals surface area contributed by atoms with E-state index >= 15 is 0 Å². The van der Waals surface area contributed by atoms with Crippen molar-refractivity contribution in [3.8, 4) is 28.4 Å². The Kier molecular flexibility index (Phi) is 7.35. The van der Waals surface area contributed by atoms with Crippen molar-refractivity contribution in [1.82, 2.24) is 0 Å². The molecule has 6 N–H and O–H groups in total. The van der Waals surface area contributed by atoms with E-state index in [-0.39, 0.29) is 35.5 Å². The topological polar surface area (TPSA) is 207 Å². The van der Waals surface area contributed by atoms with E-state index < -0.39 is 61.9 Å². The van der Waals surface area contributed by atoms with E-state index in [0.29, 0.717) is 22.6 Å². The summed E-state index contributed by atoms with van der Waals surface area (Å²) in [6, 6.07) is 9.46. The molecule has 220 valence electrons. The lowest BCUT2D eigenvalue weighted by Crippen LogP contribution is -2.60. The summed E-state index contributed by atoms with van der Waals surface area (Å²) in [6.45, 7) is -1.47. The van der Waals surface area contributed by atoms with Crippen LogP contribution in [-0.2, 0) is 14.2 Å². The van der Waals surface area contributed by atoms with Crippen LogP contribution in [0.15, 0.2) is 51.9 Å². The van der Waals surface area contributed by atoms with Crippen molar-refractivity contribution in [2.75, 3.05) is 26.6 Å². The quantitative estimate of drug-likeness (QED) is 0.196. The Bertz CT molecular complexity index is 1470. The third-order valence-corrected chi connectivity index (χ3v) is 7.35. The lowest BCUT2D eigenvalue weighted by molar-refractivity contribution is -0.289. The van der Waals surface area contributed by atoms with Crippen molar-refractivity contribution in [1.29, 1.82) is 0 Å². The number of benzene rings is 2. The number of ether oxygens (including phenoxy) is 6. The highest BCUT2D eigenvalue weighted by Gasteiger charge is 2.50. The molecule has 3 aliphatic rings. The monoisotopic (exact) mass is 576 g/mol. The lowest BCUT2D eigenvalue weighted by Gasteiger charge is -2.40. The molecule has 41 heavy (non-hydrogen) atoms. The second-order valence-corrected chi connectivity index (χ2v) is 10.1. The molecule has 0 aliphatic carbocycles. The third kappa shape index (κ3) is 5.03. The summed E-state index contributed by atoms with van der Waals surface area (Å²) in [5.74, 6) is 1.23. The van der Waals surface area contributed by atoms with Gasteiger partial charge in [-0.1, -0.05) is 6.07 Å². The number of fused-ring (bicyclic) bond motifs is 2. The standard InChI is InChI=1S/C27H28O14/c28-9-27(34)10-37-26(24(27)33)36-8-19-21(30)22(31)23(32)25(41-19)40-13-2-3-14-17(6-13)35-7-15(20(14)29)12-1-4-16-18(5-12)39-11-38-16/h1-7,19,21-26,28,30-34H,8-11H2/t19-,21-,22+,23-,24+,25-,26-,27-/m1/s1. The van der Waals surface area contributed by atoms with Gasteiger partial charge in [-0.15, -0.1) is 0 Å². The van der Waals surface area contributed by atoms with Crippen molar-refractivity contribution >= 4 is 11.0 Å². The number of aliphatic hydroxyl groups is 6. The zero-order chi connectivity index (χ0) is 28.9. The minimum Gasteiger partial charge on any atom is -0.463 e. The lowest BCUT2D eigenvalue weighted by atomic mass is 9.99. The zero-order valence-electron chi connectivity index (χ0n) is 21.4. The average Bonchev–Trinajstić information content (AvgIpc) is 3.56. The molecular weight excluding hydrogens is 548 g/mol. The third-order valence-electron chi connectivity index (χ3n) is 7.35. The molecule has 8 atom stereocenters. The van der Waals surface area contributed by atoms with E-state index in [2.05, 4.69) is 0 Å². The van der Waals surface area contributed by atoms with Gasteiger partial charge in [0.05, 0.1) is 30.8 Å². The highest BCUT2D eigenvalue weighted by molar-refractivity contribution is 5.83. The van der Waals surface area contributed by atoms with E-state index in [9.17, 15) is 35.4 Å². The summed E-state index contributed by atoms with van der Waals surface area (Å²) in [5.41, 5.74) is -1.13. The maximum atomic E-state index is 13.2. The molecule has 14 nitrogen and oxygen atoms in total. The molecule has 0 radical (unpaired) electrons. The number of hydrogen-bond acceptors (Lipinski definition) is 14. The first-order valence-electron chi connectivity index (χ1n) is 12.7. The van der Waals surface area contributed by atoms with Crippen LogP contribution in [-0.4, -0.2) is 106 Å². The second kappa shape index (κ2) is 10.8. The van der Waals surface area contributed by atoms with E-state index in [4.69, 9.17) is 32.8 Å². The molecule has 1 aromatic heterocycles. The van der Waals surface area contributed by atoms with Gasteiger partial charge >= 0.3 is 0 Å². The van der Waals surface area contributed by atoms with Crippen molar-refractivity contribution in [2.24, 2.45) is 0 Å². The van der Waals surface area contributed by atoms with Gasteiger partial charge < -0.3 is 63.5 Å². The molecule has 14 heteroatoms. The van der Waals surface area contributed by atoms with Crippen LogP contribution in [0.3, 0.4) is 0 Å². The van der Waals surface area contributed by atoms with Crippen molar-refractivity contribution in [2.45, 2.75) is 48.7 Å². The minimum absolute atomic E-state index is 0.101. The van der Waals surface area contributed by atoms with Crippen molar-refractivity contribution in [3.63, 3.8) is 0 Å². The van der Waals surface area contributed by atoms with E-state index in [1.165, 1.54) is 24.5 Å². The van der Waals surface area contributed by atoms with Crippen LogP contribution >= 0.6 is 0 Å². The minimum atomic E-state index is -1.91. The Morgan fingerprint density at radius 1 is 0.951 bits per heavy atom. The molecule has 2 saturated heterocycles. The van der Waals surface area contributed by atoms with E-state index in [0.717, 1.165) is 0 Å². The van der Waals surface area contributed by atoms with Gasteiger partial charge in [-0.25, -0.2) is 0 Å². The number of aliphatic hydroxyl groups excluding tert-OH is 5. The van der Waals surface area contributed by atoms with Gasteiger partial charge in [0, 0.05) is 6.07 Å². The van der Waals surface area contributed by atoms with Gasteiger partial charge in [0.2, 0.25) is 13.1 Å². The largest absolute Gasteiger partial charge is 0.463 e. The highest BCUT2D eigenvalue weighted by atomic mass is 16.7. The summed E-state index contributed by atoms with van der Waals surface area (Å²) in [7, 11) is 0. The molecule has 2 fully saturated rings. The summed E-state index contributed by atoms with van der Waals surface area (Å²) in [6.07, 6.45) is -9.25. The van der Waals surface area contributed by atoms with Gasteiger partial charge in [-0.3, -0.25) is 4.79 Å². The molecule has 2 aromatic carbocycles. The first-order valence-corrected chi connectivity index (χ1v) is 12.7. The Morgan fingerprint density at radius 2 is 1.76 bits per heavy atom. The van der Waals surface area contributed by atoms with E-state index in [1.54, 1.807) is 18.2 Å². The highest BCUT2D eigenvalue weighted by Crippen LogP contribution is 2.36. The Balaban J connectivity index is 1.16. The first kappa shape index (κ1) is 27.8. The molecule has 3 aromatic rings. The maximum absolute atomic E-state index is 13.2. The van der Waals surface area contributed by atoms with Crippen LogP contribution < -0.4 is 19.6 Å². The van der Waals surface area contributed by atoms with Crippen LogP contribution in [0.25, 0.3) is 22.1 Å². The van der Waals surface area contributed by atoms with E-state index in [1.807, 2.05) is 0 Å². The molecule has 3 aliphatic heterocycles. The fourth-order valence-electron chi connectivity index (χ4n) is 4.86. The van der Waals surface area contributed by atoms with Gasteiger partial charge in [-0.05, 0) is 29.8 Å². The molecule has 4 heterocycles. The van der Waals surface area contributed by atoms with Gasteiger partial charge in [0.15, 0.2) is 23.2 Å². The van der Waals surface area contributed by atoms with Crippen LogP contribution in [0.5, 0.6) is 17.2 Å². The molecule has 0 amide bonds. The van der Waals surface area contributed by atoms with Crippen molar-refractivity contribution < 1.29 is 63.5 Å². The van der Waals surface area contributed by atoms with Crippen LogP contribution in [0.2, 0.25) is 0 Å². The summed E-state index contributed by atoms with van der Waals surface area (Å²) < 4.78 is 38.3. The van der Waals surface area contributed by atoms with Crippen LogP contribution in [0.1, 0.15) is 0 Å². The second-order valence-electron chi connectivity index (χ2n) is 10.1. The van der Waals surface area contributed by atoms with Crippen LogP contribution in [0.4, 0.5) is 0 Å². The molecule has 0 unspecified atom stereocenters. The molecule has 0 bridgehead atoms. The smallest absolute Gasteiger partial charge is 0.231 e. The Hall–Kier alpha value is -3.31. The zero-order valence-corrected chi connectivity index (χ0v) is 21.4. The predicted octanol–water partition coefficient (Wildman–Crippen LogP) is -1.17. The number of hydrogen-bond donors (Lipinski definition) is 6. The molecule has 0 saturated carbocycles. The summed E-state index contributed by atoms with van der Waals surface area (Å²) in [5, 5.41) is 61.0. The fraction of sp³-hybridized carbons (Fsp3) is 0.444. The predicted molar refractivity (Wildman–Crippen MR) is 135 cm³/mol. The SMILES string of the molecule is O=c1c(-c2ccc3c(c2)OCO3)coc2cc(O[C@@H]3O[C@H](CO[C@@H]4OC[C@](O)(CO)[C@H]4O)[C@@H](O)[C@H](O)[C@H]3O)ccc12. The average molecular weight is 577 g/mol. The van der Waals surface area contributed by atoms with Gasteiger partial charge in [0.1, 0.15) is 53.7 Å². The molecular formula is C27H28O14. The first-order chi connectivity index (χ1) is 19.7. The number of rotatable bonds is 7. The summed E-state index contributed by atoms with van der Waals surface area (Å²) in [4.78, 5) is 13.2. The molecule has 6 rings (SSSR count). The summed E-state index contributed by atoms with van der Waals surface area (Å²) >= 11 is 0.